The molecule has 1 N–H and O–H groups in total. The fourth-order valence-electron chi connectivity index (χ4n) is 2.40. The van der Waals surface area contributed by atoms with Crippen LogP contribution < -0.4 is 0 Å². The zero-order valence-electron chi connectivity index (χ0n) is 10.5. The lowest BCUT2D eigenvalue weighted by atomic mass is 9.97. The van der Waals surface area contributed by atoms with Gasteiger partial charge < -0.3 is 10.0 Å². The lowest BCUT2D eigenvalue weighted by molar-refractivity contribution is -0.143. The largest absolute Gasteiger partial charge is 0.481 e. The molecule has 1 saturated heterocycles. The van der Waals surface area contributed by atoms with Crippen molar-refractivity contribution in [3.8, 4) is 0 Å². The molecule has 2 fully saturated rings. The smallest absolute Gasteiger partial charge is 0.306 e. The second-order valence-corrected chi connectivity index (χ2v) is 6.14. The first-order chi connectivity index (χ1) is 9.15. The van der Waals surface area contributed by atoms with Crippen LogP contribution in [0.5, 0.6) is 0 Å². The number of piperidine rings is 1. The average molecular weight is 280 g/mol. The van der Waals surface area contributed by atoms with E-state index in [1.807, 2.05) is 5.38 Å². The SMILES string of the molecule is O=C(O)C1CCN(C(=O)c2csc(C3CC3)n2)CC1. The Hall–Kier alpha value is -1.43. The van der Waals surface area contributed by atoms with Crippen LogP contribution in [0.3, 0.4) is 0 Å². The van der Waals surface area contributed by atoms with E-state index in [9.17, 15) is 9.59 Å². The van der Waals surface area contributed by atoms with Crippen LogP contribution in [0.25, 0.3) is 0 Å². The summed E-state index contributed by atoms with van der Waals surface area (Å²) in [5.41, 5.74) is 0.528. The Morgan fingerprint density at radius 3 is 2.53 bits per heavy atom. The number of rotatable bonds is 3. The summed E-state index contributed by atoms with van der Waals surface area (Å²) < 4.78 is 0. The van der Waals surface area contributed by atoms with Crippen LogP contribution in [0.1, 0.15) is 47.1 Å². The van der Waals surface area contributed by atoms with Crippen molar-refractivity contribution in [2.24, 2.45) is 5.92 Å². The lowest BCUT2D eigenvalue weighted by Gasteiger charge is -2.29. The number of nitrogens with zero attached hydrogens (tertiary/aromatic N) is 2. The van der Waals surface area contributed by atoms with Crippen LogP contribution in [0.2, 0.25) is 0 Å². The normalized spacial score (nSPS) is 20.5. The van der Waals surface area contributed by atoms with Gasteiger partial charge in [-0.2, -0.15) is 0 Å². The number of carboxylic acid groups (broad SMARTS) is 1. The minimum Gasteiger partial charge on any atom is -0.481 e. The second-order valence-electron chi connectivity index (χ2n) is 5.25. The van der Waals surface area contributed by atoms with Crippen molar-refractivity contribution < 1.29 is 14.7 Å². The second kappa shape index (κ2) is 4.92. The highest BCUT2D eigenvalue weighted by atomic mass is 32.1. The molecule has 102 valence electrons. The third kappa shape index (κ3) is 2.63. The van der Waals surface area contributed by atoms with Gasteiger partial charge in [0.2, 0.25) is 0 Å². The molecule has 1 aromatic rings. The van der Waals surface area contributed by atoms with Gasteiger partial charge in [-0.05, 0) is 25.7 Å². The topological polar surface area (TPSA) is 70.5 Å². The maximum absolute atomic E-state index is 12.3. The Morgan fingerprint density at radius 2 is 1.95 bits per heavy atom. The van der Waals surface area contributed by atoms with Crippen LogP contribution in [0.15, 0.2) is 5.38 Å². The van der Waals surface area contributed by atoms with Crippen molar-refractivity contribution in [2.45, 2.75) is 31.6 Å². The number of hydrogen-bond donors (Lipinski definition) is 1. The van der Waals surface area contributed by atoms with E-state index in [-0.39, 0.29) is 11.8 Å². The van der Waals surface area contributed by atoms with Crippen LogP contribution in [-0.4, -0.2) is 40.0 Å². The number of amides is 1. The van der Waals surface area contributed by atoms with Crippen molar-refractivity contribution in [3.63, 3.8) is 0 Å². The first-order valence-corrected chi connectivity index (χ1v) is 7.50. The molecule has 0 radical (unpaired) electrons. The molecule has 0 spiro atoms. The van der Waals surface area contributed by atoms with Gasteiger partial charge >= 0.3 is 5.97 Å². The summed E-state index contributed by atoms with van der Waals surface area (Å²) in [5, 5.41) is 11.8. The van der Waals surface area contributed by atoms with Gasteiger partial charge in [-0.1, -0.05) is 0 Å². The van der Waals surface area contributed by atoms with Gasteiger partial charge in [-0.25, -0.2) is 4.98 Å². The van der Waals surface area contributed by atoms with Crippen molar-refractivity contribution in [2.75, 3.05) is 13.1 Å². The van der Waals surface area contributed by atoms with E-state index in [0.29, 0.717) is 37.5 Å². The summed E-state index contributed by atoms with van der Waals surface area (Å²) >= 11 is 1.57. The van der Waals surface area contributed by atoms with Gasteiger partial charge in [-0.3, -0.25) is 9.59 Å². The summed E-state index contributed by atoms with van der Waals surface area (Å²) in [6.45, 7) is 1.04. The molecule has 0 aromatic carbocycles. The molecule has 1 aromatic heterocycles. The molecule has 1 amide bonds. The first kappa shape index (κ1) is 12.6. The maximum atomic E-state index is 12.3. The quantitative estimate of drug-likeness (QED) is 0.918. The van der Waals surface area contributed by atoms with E-state index in [4.69, 9.17) is 5.11 Å². The van der Waals surface area contributed by atoms with E-state index in [1.54, 1.807) is 16.2 Å². The maximum Gasteiger partial charge on any atom is 0.306 e. The Balaban J connectivity index is 1.62. The van der Waals surface area contributed by atoms with E-state index in [0.717, 1.165) is 5.01 Å². The lowest BCUT2D eigenvalue weighted by Crippen LogP contribution is -2.40. The molecule has 6 heteroatoms. The Morgan fingerprint density at radius 1 is 1.26 bits per heavy atom. The van der Waals surface area contributed by atoms with Gasteiger partial charge in [0, 0.05) is 24.4 Å². The van der Waals surface area contributed by atoms with Gasteiger partial charge in [-0.15, -0.1) is 11.3 Å². The Kier molecular flexibility index (Phi) is 3.26. The van der Waals surface area contributed by atoms with Crippen LogP contribution >= 0.6 is 11.3 Å². The molecule has 3 rings (SSSR count). The molecule has 5 nitrogen and oxygen atoms in total. The number of carboxylic acids is 1. The van der Waals surface area contributed by atoms with E-state index in [2.05, 4.69) is 4.98 Å². The average Bonchev–Trinajstić information content (AvgIpc) is 3.16. The Labute approximate surface area is 115 Å². The van der Waals surface area contributed by atoms with E-state index < -0.39 is 5.97 Å². The number of aromatic nitrogens is 1. The zero-order chi connectivity index (χ0) is 13.4. The van der Waals surface area contributed by atoms with Crippen molar-refractivity contribution in [3.05, 3.63) is 16.1 Å². The number of likely N-dealkylation sites (tertiary alicyclic amines) is 1. The highest BCUT2D eigenvalue weighted by Crippen LogP contribution is 2.41. The summed E-state index contributed by atoms with van der Waals surface area (Å²) in [6.07, 6.45) is 3.46. The number of carbonyl (C=O) groups excluding carboxylic acids is 1. The van der Waals surface area contributed by atoms with Gasteiger partial charge in [0.25, 0.3) is 5.91 Å². The fourth-order valence-corrected chi connectivity index (χ4v) is 3.36. The van der Waals surface area contributed by atoms with Crippen molar-refractivity contribution in [1.29, 1.82) is 0 Å². The predicted octanol–water partition coefficient (Wildman–Crippen LogP) is 1.96. The standard InChI is InChI=1S/C13H16N2O3S/c16-12(10-7-19-11(14-10)8-1-2-8)15-5-3-9(4-6-15)13(17)18/h7-9H,1-6H2,(H,17,18). The number of carbonyl (C=O) groups is 2. The molecule has 1 aliphatic carbocycles. The van der Waals surface area contributed by atoms with E-state index in [1.165, 1.54) is 12.8 Å². The summed E-state index contributed by atoms with van der Waals surface area (Å²) in [6, 6.07) is 0. The number of hydrogen-bond acceptors (Lipinski definition) is 4. The highest BCUT2D eigenvalue weighted by molar-refractivity contribution is 7.10. The zero-order valence-corrected chi connectivity index (χ0v) is 11.4. The molecule has 0 atom stereocenters. The van der Waals surface area contributed by atoms with Crippen molar-refractivity contribution >= 4 is 23.2 Å². The summed E-state index contributed by atoms with van der Waals surface area (Å²) in [4.78, 5) is 29.3. The third-order valence-electron chi connectivity index (χ3n) is 3.80. The molecule has 1 saturated carbocycles. The van der Waals surface area contributed by atoms with Crippen LogP contribution in [0.4, 0.5) is 0 Å². The van der Waals surface area contributed by atoms with Gasteiger partial charge in [0.15, 0.2) is 0 Å². The summed E-state index contributed by atoms with van der Waals surface area (Å²) in [5.74, 6) is -0.533. The predicted molar refractivity (Wildman–Crippen MR) is 70.4 cm³/mol. The fraction of sp³-hybridized carbons (Fsp3) is 0.615. The highest BCUT2D eigenvalue weighted by Gasteiger charge is 2.30. The third-order valence-corrected chi connectivity index (χ3v) is 4.81. The van der Waals surface area contributed by atoms with Gasteiger partial charge in [0.1, 0.15) is 5.69 Å². The van der Waals surface area contributed by atoms with Crippen LogP contribution in [0, 0.1) is 5.92 Å². The molecule has 1 aliphatic heterocycles. The van der Waals surface area contributed by atoms with Gasteiger partial charge in [0.05, 0.1) is 10.9 Å². The molecular weight excluding hydrogens is 264 g/mol. The molecule has 2 aliphatic rings. The van der Waals surface area contributed by atoms with E-state index >= 15 is 0 Å². The first-order valence-electron chi connectivity index (χ1n) is 6.62. The molecule has 2 heterocycles. The van der Waals surface area contributed by atoms with Crippen molar-refractivity contribution in [1.82, 2.24) is 9.88 Å². The molecule has 0 bridgehead atoms. The minimum absolute atomic E-state index is 0.0491. The molecular formula is C13H16N2O3S. The Bertz CT molecular complexity index is 502. The molecule has 0 unspecified atom stereocenters. The number of aliphatic carboxylic acids is 1. The number of thiazole rings is 1. The monoisotopic (exact) mass is 280 g/mol. The minimum atomic E-state index is -0.753. The summed E-state index contributed by atoms with van der Waals surface area (Å²) in [7, 11) is 0. The van der Waals surface area contributed by atoms with Crippen LogP contribution in [-0.2, 0) is 4.79 Å². The molecule has 19 heavy (non-hydrogen) atoms.